The molecule has 2 aliphatic rings. The minimum absolute atomic E-state index is 0.0846. The summed E-state index contributed by atoms with van der Waals surface area (Å²) in [5.74, 6) is 0.937. The van der Waals surface area contributed by atoms with E-state index in [-0.39, 0.29) is 5.08 Å². The number of hydrogen-bond donors (Lipinski definition) is 1. The normalized spacial score (nSPS) is 18.7. The van der Waals surface area contributed by atoms with E-state index in [4.69, 9.17) is 0 Å². The maximum absolute atomic E-state index is 4.62. The van der Waals surface area contributed by atoms with Gasteiger partial charge in [-0.25, -0.2) is 4.99 Å². The summed E-state index contributed by atoms with van der Waals surface area (Å²) in [7, 11) is 0. The van der Waals surface area contributed by atoms with Crippen LogP contribution in [-0.4, -0.2) is 15.9 Å². The van der Waals surface area contributed by atoms with Gasteiger partial charge in [-0.05, 0) is 55.5 Å². The lowest BCUT2D eigenvalue weighted by Gasteiger charge is -2.21. The number of aliphatic imine (C=N–C) groups is 1. The van der Waals surface area contributed by atoms with Gasteiger partial charge in [0.25, 0.3) is 0 Å². The van der Waals surface area contributed by atoms with E-state index in [1.807, 2.05) is 17.3 Å². The molecule has 3 aromatic rings. The van der Waals surface area contributed by atoms with Crippen LogP contribution in [0, 0.1) is 0 Å². The molecule has 4 heteroatoms. The van der Waals surface area contributed by atoms with Crippen molar-refractivity contribution in [1.82, 2.24) is 10.4 Å². The Morgan fingerprint density at radius 1 is 0.885 bits per heavy atom. The van der Waals surface area contributed by atoms with Crippen LogP contribution in [0.2, 0.25) is 0 Å². The number of halogens is 1. The van der Waals surface area contributed by atoms with Crippen molar-refractivity contribution in [2.45, 2.75) is 5.08 Å². The summed E-state index contributed by atoms with van der Waals surface area (Å²) in [5.41, 5.74) is 7.99. The van der Waals surface area contributed by atoms with E-state index in [1.165, 1.54) is 21.9 Å². The molecule has 126 valence electrons. The van der Waals surface area contributed by atoms with Crippen molar-refractivity contribution in [3.8, 4) is 11.1 Å². The Labute approximate surface area is 160 Å². The average Bonchev–Trinajstić information content (AvgIpc) is 3.08. The Kier molecular flexibility index (Phi) is 3.73. The number of amidine groups is 1. The highest BCUT2D eigenvalue weighted by atomic mass is 79.9. The Bertz CT molecular complexity index is 1070. The van der Waals surface area contributed by atoms with Gasteiger partial charge in [0.05, 0.1) is 0 Å². The number of hydrogen-bond acceptors (Lipinski definition) is 3. The molecule has 0 radical (unpaired) electrons. The first-order valence-corrected chi connectivity index (χ1v) is 9.46. The second-order valence-electron chi connectivity index (χ2n) is 6.31. The third-order valence-electron chi connectivity index (χ3n) is 4.74. The molecule has 3 nitrogen and oxygen atoms in total. The van der Waals surface area contributed by atoms with Crippen LogP contribution in [0.5, 0.6) is 0 Å². The highest BCUT2D eigenvalue weighted by Crippen LogP contribution is 2.31. The number of hydrazine groups is 1. The van der Waals surface area contributed by atoms with Gasteiger partial charge in [-0.2, -0.15) is 5.43 Å². The fourth-order valence-electron chi connectivity index (χ4n) is 3.52. The molecular weight excluding hydrogens is 386 g/mol. The second-order valence-corrected chi connectivity index (χ2v) is 7.18. The zero-order chi connectivity index (χ0) is 17.5. The number of fused-ring (bicyclic) bond motifs is 2. The molecule has 0 bridgehead atoms. The van der Waals surface area contributed by atoms with Crippen LogP contribution < -0.4 is 5.43 Å². The van der Waals surface area contributed by atoms with Crippen LogP contribution in [0.4, 0.5) is 0 Å². The number of alkyl halides is 1. The van der Waals surface area contributed by atoms with Crippen molar-refractivity contribution in [2.75, 3.05) is 0 Å². The van der Waals surface area contributed by atoms with Crippen molar-refractivity contribution in [2.24, 2.45) is 4.99 Å². The maximum atomic E-state index is 4.62. The maximum Gasteiger partial charge on any atom is 0.174 e. The number of rotatable bonds is 2. The van der Waals surface area contributed by atoms with Gasteiger partial charge in [-0.1, -0.05) is 66.7 Å². The lowest BCUT2D eigenvalue weighted by molar-refractivity contribution is 0.441. The molecule has 1 N–H and O–H groups in total. The van der Waals surface area contributed by atoms with Gasteiger partial charge >= 0.3 is 0 Å². The largest absolute Gasteiger partial charge is 0.264 e. The first kappa shape index (κ1) is 15.6. The molecule has 26 heavy (non-hydrogen) atoms. The van der Waals surface area contributed by atoms with E-state index in [2.05, 4.69) is 99.2 Å². The van der Waals surface area contributed by atoms with Gasteiger partial charge in [0.15, 0.2) is 10.9 Å². The molecule has 2 aliphatic heterocycles. The van der Waals surface area contributed by atoms with Crippen molar-refractivity contribution < 1.29 is 0 Å². The fourth-order valence-corrected chi connectivity index (χ4v) is 3.93. The predicted molar refractivity (Wildman–Crippen MR) is 112 cm³/mol. The number of nitrogens with one attached hydrogen (secondary N) is 1. The van der Waals surface area contributed by atoms with Crippen molar-refractivity contribution in [3.05, 3.63) is 90.6 Å². The van der Waals surface area contributed by atoms with Crippen molar-refractivity contribution in [1.29, 1.82) is 0 Å². The van der Waals surface area contributed by atoms with Crippen LogP contribution in [0.25, 0.3) is 27.5 Å². The quantitative estimate of drug-likeness (QED) is 0.465. The van der Waals surface area contributed by atoms with Gasteiger partial charge in [-0.3, -0.25) is 5.01 Å². The highest BCUT2D eigenvalue weighted by Gasteiger charge is 2.26. The predicted octanol–water partition coefficient (Wildman–Crippen LogP) is 5.31. The summed E-state index contributed by atoms with van der Waals surface area (Å²) in [6, 6.07) is 23.7. The van der Waals surface area contributed by atoms with Crippen LogP contribution in [0.15, 0.2) is 90.1 Å². The third kappa shape index (κ3) is 2.59. The molecule has 0 fully saturated rings. The van der Waals surface area contributed by atoms with Crippen molar-refractivity contribution >= 4 is 38.1 Å². The zero-order valence-corrected chi connectivity index (χ0v) is 15.5. The molecule has 0 amide bonds. The fraction of sp³-hybridized carbons (Fsp3) is 0.0455. The smallest absolute Gasteiger partial charge is 0.174 e. The SMILES string of the molecule is BrC1N=C2C(c3ccc(-c4cccc5ccccc45)cc3)=CC=CN2N1. The van der Waals surface area contributed by atoms with E-state index in [0.29, 0.717) is 0 Å². The van der Waals surface area contributed by atoms with Crippen LogP contribution in [0.1, 0.15) is 5.56 Å². The minimum Gasteiger partial charge on any atom is -0.264 e. The number of allylic oxidation sites excluding steroid dienone is 2. The van der Waals surface area contributed by atoms with Crippen LogP contribution in [0.3, 0.4) is 0 Å². The molecule has 3 aromatic carbocycles. The summed E-state index contributed by atoms with van der Waals surface area (Å²) in [4.78, 5) is 4.62. The van der Waals surface area contributed by atoms with Gasteiger partial charge in [0.2, 0.25) is 0 Å². The third-order valence-corrected chi connectivity index (χ3v) is 5.15. The number of nitrogens with zero attached hydrogens (tertiary/aromatic N) is 2. The monoisotopic (exact) mass is 401 g/mol. The molecule has 0 saturated heterocycles. The molecule has 0 aromatic heterocycles. The first-order valence-electron chi connectivity index (χ1n) is 8.54. The molecular formula is C22H16BrN3. The Hall–Kier alpha value is -2.69. The van der Waals surface area contributed by atoms with E-state index < -0.39 is 0 Å². The lowest BCUT2D eigenvalue weighted by atomic mass is 9.95. The Morgan fingerprint density at radius 2 is 1.65 bits per heavy atom. The Morgan fingerprint density at radius 3 is 2.54 bits per heavy atom. The molecule has 0 saturated carbocycles. The van der Waals surface area contributed by atoms with E-state index >= 15 is 0 Å². The zero-order valence-electron chi connectivity index (χ0n) is 13.9. The van der Waals surface area contributed by atoms with Crippen molar-refractivity contribution in [3.63, 3.8) is 0 Å². The average molecular weight is 402 g/mol. The summed E-state index contributed by atoms with van der Waals surface area (Å²) in [6.07, 6.45) is 6.12. The van der Waals surface area contributed by atoms with Gasteiger partial charge in [-0.15, -0.1) is 0 Å². The summed E-state index contributed by atoms with van der Waals surface area (Å²) in [5, 5.41) is 4.41. The molecule has 0 spiro atoms. The topological polar surface area (TPSA) is 27.6 Å². The molecule has 5 rings (SSSR count). The van der Waals surface area contributed by atoms with Gasteiger partial charge in [0.1, 0.15) is 0 Å². The van der Waals surface area contributed by atoms with E-state index in [9.17, 15) is 0 Å². The molecule has 0 aliphatic carbocycles. The van der Waals surface area contributed by atoms with Crippen LogP contribution >= 0.6 is 15.9 Å². The summed E-state index contributed by atoms with van der Waals surface area (Å²) >= 11 is 3.49. The van der Waals surface area contributed by atoms with Gasteiger partial charge in [0, 0.05) is 11.8 Å². The van der Waals surface area contributed by atoms with Gasteiger partial charge < -0.3 is 0 Å². The van der Waals surface area contributed by atoms with E-state index in [0.717, 1.165) is 17.0 Å². The molecule has 1 unspecified atom stereocenters. The standard InChI is InChI=1S/C22H16BrN3/c23-22-24-21-20(9-4-14-26(21)25-22)17-12-10-16(11-13-17)19-8-3-6-15-5-1-2-7-18(15)19/h1-14,22,25H. The summed E-state index contributed by atoms with van der Waals surface area (Å²) in [6.45, 7) is 0. The first-order chi connectivity index (χ1) is 12.8. The second kappa shape index (κ2) is 6.24. The van der Waals surface area contributed by atoms with Crippen LogP contribution in [-0.2, 0) is 0 Å². The van der Waals surface area contributed by atoms with E-state index in [1.54, 1.807) is 0 Å². The highest BCUT2D eigenvalue weighted by molar-refractivity contribution is 9.09. The lowest BCUT2D eigenvalue weighted by Crippen LogP contribution is -2.35. The molecule has 2 heterocycles. The Balaban J connectivity index is 1.55. The molecule has 1 atom stereocenters. The number of benzene rings is 3. The minimum atomic E-state index is -0.0846. The summed E-state index contributed by atoms with van der Waals surface area (Å²) < 4.78 is 0.